The Morgan fingerprint density at radius 2 is 2.20 bits per heavy atom. The third-order valence-corrected chi connectivity index (χ3v) is 3.25. The Morgan fingerprint density at radius 3 is 2.70 bits per heavy atom. The zero-order valence-electron chi connectivity index (χ0n) is 11.8. The fourth-order valence-electron chi connectivity index (χ4n) is 2.12. The Morgan fingerprint density at radius 1 is 1.50 bits per heavy atom. The van der Waals surface area contributed by atoms with Crippen molar-refractivity contribution in [3.8, 4) is 6.07 Å². The van der Waals surface area contributed by atoms with Crippen LogP contribution >= 0.6 is 0 Å². The second-order valence-electron chi connectivity index (χ2n) is 4.86. The SMILES string of the molecule is CCCCC=CCC(C#N)C1NC(=O)C(=C(C)O)C1=O. The lowest BCUT2D eigenvalue weighted by Gasteiger charge is -2.12. The summed E-state index contributed by atoms with van der Waals surface area (Å²) in [5.41, 5.74) is -0.231. The number of nitrogens with zero attached hydrogens (tertiary/aromatic N) is 1. The number of allylic oxidation sites excluding steroid dienone is 3. The Balaban J connectivity index is 2.71. The van der Waals surface area contributed by atoms with Crippen LogP contribution in [0.4, 0.5) is 0 Å². The molecule has 0 aromatic heterocycles. The third-order valence-electron chi connectivity index (χ3n) is 3.25. The normalized spacial score (nSPS) is 22.8. The summed E-state index contributed by atoms with van der Waals surface area (Å²) >= 11 is 0. The van der Waals surface area contributed by atoms with Gasteiger partial charge in [-0.25, -0.2) is 0 Å². The Labute approximate surface area is 119 Å². The van der Waals surface area contributed by atoms with Crippen LogP contribution in [-0.4, -0.2) is 22.8 Å². The van der Waals surface area contributed by atoms with Crippen molar-refractivity contribution in [1.82, 2.24) is 5.32 Å². The number of nitriles is 1. The first-order valence-corrected chi connectivity index (χ1v) is 6.82. The molecule has 1 aliphatic rings. The molecule has 108 valence electrons. The van der Waals surface area contributed by atoms with E-state index in [2.05, 4.69) is 18.3 Å². The van der Waals surface area contributed by atoms with E-state index >= 15 is 0 Å². The molecule has 0 bridgehead atoms. The van der Waals surface area contributed by atoms with Gasteiger partial charge in [0.05, 0.1) is 12.0 Å². The number of amides is 1. The smallest absolute Gasteiger partial charge is 0.259 e. The molecule has 0 saturated carbocycles. The second-order valence-corrected chi connectivity index (χ2v) is 4.86. The van der Waals surface area contributed by atoms with Gasteiger partial charge in [0.15, 0.2) is 5.78 Å². The number of hydrogen-bond acceptors (Lipinski definition) is 4. The minimum absolute atomic E-state index is 0.231. The fourth-order valence-corrected chi connectivity index (χ4v) is 2.12. The van der Waals surface area contributed by atoms with Crippen molar-refractivity contribution in [1.29, 1.82) is 5.26 Å². The molecular weight excluding hydrogens is 256 g/mol. The summed E-state index contributed by atoms with van der Waals surface area (Å²) in [6, 6.07) is 1.19. The molecule has 0 spiro atoms. The summed E-state index contributed by atoms with van der Waals surface area (Å²) in [7, 11) is 0. The van der Waals surface area contributed by atoms with Crippen LogP contribution in [0.25, 0.3) is 0 Å². The van der Waals surface area contributed by atoms with Crippen molar-refractivity contribution < 1.29 is 14.7 Å². The van der Waals surface area contributed by atoms with Crippen LogP contribution in [-0.2, 0) is 9.59 Å². The van der Waals surface area contributed by atoms with Gasteiger partial charge in [-0.05, 0) is 19.8 Å². The zero-order valence-corrected chi connectivity index (χ0v) is 11.8. The van der Waals surface area contributed by atoms with Crippen molar-refractivity contribution in [3.63, 3.8) is 0 Å². The number of Topliss-reactive ketones (excluding diaryl/α,β-unsaturated/α-hetero) is 1. The topological polar surface area (TPSA) is 90.2 Å². The molecule has 1 amide bonds. The monoisotopic (exact) mass is 276 g/mol. The lowest BCUT2D eigenvalue weighted by Crippen LogP contribution is -2.36. The predicted octanol–water partition coefficient (Wildman–Crippen LogP) is 2.16. The van der Waals surface area contributed by atoms with Gasteiger partial charge in [-0.2, -0.15) is 5.26 Å². The van der Waals surface area contributed by atoms with Gasteiger partial charge in [0.25, 0.3) is 5.91 Å². The molecule has 1 fully saturated rings. The number of carbonyl (C=O) groups is 2. The third kappa shape index (κ3) is 3.70. The molecule has 1 heterocycles. The summed E-state index contributed by atoms with van der Waals surface area (Å²) in [6.07, 6.45) is 7.41. The minimum Gasteiger partial charge on any atom is -0.512 e. The number of nitrogens with one attached hydrogen (secondary N) is 1. The van der Waals surface area contributed by atoms with Crippen LogP contribution in [0.5, 0.6) is 0 Å². The molecule has 0 aliphatic carbocycles. The van der Waals surface area contributed by atoms with Gasteiger partial charge in [0.1, 0.15) is 17.4 Å². The first kappa shape index (κ1) is 16.0. The summed E-state index contributed by atoms with van der Waals surface area (Å²) in [4.78, 5) is 23.6. The average molecular weight is 276 g/mol. The zero-order chi connectivity index (χ0) is 15.1. The summed E-state index contributed by atoms with van der Waals surface area (Å²) < 4.78 is 0. The van der Waals surface area contributed by atoms with E-state index in [1.807, 2.05) is 12.2 Å². The van der Waals surface area contributed by atoms with Gasteiger partial charge in [-0.15, -0.1) is 0 Å². The van der Waals surface area contributed by atoms with Crippen LogP contribution in [0.3, 0.4) is 0 Å². The molecule has 5 heteroatoms. The van der Waals surface area contributed by atoms with Crippen LogP contribution in [0.15, 0.2) is 23.5 Å². The van der Waals surface area contributed by atoms with E-state index in [0.717, 1.165) is 19.3 Å². The second kappa shape index (κ2) is 7.49. The maximum atomic E-state index is 12.0. The van der Waals surface area contributed by atoms with E-state index in [4.69, 9.17) is 5.26 Å². The lowest BCUT2D eigenvalue weighted by atomic mass is 9.93. The van der Waals surface area contributed by atoms with Gasteiger partial charge in [-0.3, -0.25) is 9.59 Å². The van der Waals surface area contributed by atoms with Gasteiger partial charge < -0.3 is 10.4 Å². The average Bonchev–Trinajstić information content (AvgIpc) is 2.69. The van der Waals surface area contributed by atoms with Crippen molar-refractivity contribution in [3.05, 3.63) is 23.5 Å². The highest BCUT2D eigenvalue weighted by Crippen LogP contribution is 2.21. The molecular formula is C15H20N2O3. The van der Waals surface area contributed by atoms with Crippen LogP contribution in [0, 0.1) is 17.2 Å². The molecule has 1 saturated heterocycles. The van der Waals surface area contributed by atoms with Gasteiger partial charge in [-0.1, -0.05) is 31.9 Å². The highest BCUT2D eigenvalue weighted by atomic mass is 16.3. The summed E-state index contributed by atoms with van der Waals surface area (Å²) in [5, 5.41) is 21.0. The van der Waals surface area contributed by atoms with E-state index in [0.29, 0.717) is 6.42 Å². The molecule has 2 atom stereocenters. The maximum Gasteiger partial charge on any atom is 0.259 e. The quantitative estimate of drug-likeness (QED) is 0.256. The van der Waals surface area contributed by atoms with E-state index in [9.17, 15) is 14.7 Å². The number of unbranched alkanes of at least 4 members (excludes halogenated alkanes) is 2. The Hall–Kier alpha value is -2.09. The number of carbonyl (C=O) groups excluding carboxylic acids is 2. The van der Waals surface area contributed by atoms with E-state index in [1.54, 1.807) is 0 Å². The van der Waals surface area contributed by atoms with Crippen molar-refractivity contribution in [2.75, 3.05) is 0 Å². The van der Waals surface area contributed by atoms with Crippen molar-refractivity contribution in [2.45, 2.75) is 45.6 Å². The van der Waals surface area contributed by atoms with Crippen molar-refractivity contribution >= 4 is 11.7 Å². The minimum atomic E-state index is -0.861. The number of hydrogen-bond donors (Lipinski definition) is 2. The largest absolute Gasteiger partial charge is 0.512 e. The fraction of sp³-hybridized carbons (Fsp3) is 0.533. The molecule has 0 aromatic carbocycles. The molecule has 2 unspecified atom stereocenters. The van der Waals surface area contributed by atoms with Crippen molar-refractivity contribution in [2.24, 2.45) is 5.92 Å². The predicted molar refractivity (Wildman–Crippen MR) is 74.7 cm³/mol. The lowest BCUT2D eigenvalue weighted by molar-refractivity contribution is -0.117. The molecule has 1 aliphatic heterocycles. The number of rotatable bonds is 6. The summed E-state index contributed by atoms with van der Waals surface area (Å²) in [5.74, 6) is -2.01. The number of ketones is 1. The standard InChI is InChI=1S/C15H20N2O3/c1-3-4-5-6-7-8-11(9-16)13-14(19)12(10(2)18)15(20)17-13/h6-7,11,13,18H,3-5,8H2,1-2H3,(H,17,20). The van der Waals surface area contributed by atoms with Crippen LogP contribution < -0.4 is 5.32 Å². The highest BCUT2D eigenvalue weighted by Gasteiger charge is 2.41. The van der Waals surface area contributed by atoms with E-state index in [-0.39, 0.29) is 11.3 Å². The molecule has 0 aromatic rings. The molecule has 5 nitrogen and oxygen atoms in total. The van der Waals surface area contributed by atoms with Gasteiger partial charge in [0, 0.05) is 0 Å². The number of aliphatic hydroxyl groups is 1. The van der Waals surface area contributed by atoms with Gasteiger partial charge >= 0.3 is 0 Å². The number of aliphatic hydroxyl groups excluding tert-OH is 1. The maximum absolute atomic E-state index is 12.0. The molecule has 1 rings (SSSR count). The van der Waals surface area contributed by atoms with Gasteiger partial charge in [0.2, 0.25) is 0 Å². The Kier molecular flexibility index (Phi) is 5.98. The summed E-state index contributed by atoms with van der Waals surface area (Å²) in [6.45, 7) is 3.39. The van der Waals surface area contributed by atoms with E-state index < -0.39 is 23.7 Å². The van der Waals surface area contributed by atoms with E-state index in [1.165, 1.54) is 6.92 Å². The molecule has 0 radical (unpaired) electrons. The highest BCUT2D eigenvalue weighted by molar-refractivity contribution is 6.27. The molecule has 20 heavy (non-hydrogen) atoms. The Bertz CT molecular complexity index is 482. The van der Waals surface area contributed by atoms with Crippen LogP contribution in [0.1, 0.15) is 39.5 Å². The molecule has 2 N–H and O–H groups in total. The first-order valence-electron chi connectivity index (χ1n) is 6.82. The first-order chi connectivity index (χ1) is 9.52. The van der Waals surface area contributed by atoms with Crippen LogP contribution in [0.2, 0.25) is 0 Å².